The zero-order valence-electron chi connectivity index (χ0n) is 16.5. The van der Waals surface area contributed by atoms with E-state index in [9.17, 15) is 15.0 Å². The Morgan fingerprint density at radius 1 is 1.17 bits per heavy atom. The van der Waals surface area contributed by atoms with Crippen molar-refractivity contribution in [3.05, 3.63) is 59.7 Å². The van der Waals surface area contributed by atoms with Crippen LogP contribution < -0.4 is 5.32 Å². The summed E-state index contributed by atoms with van der Waals surface area (Å²) in [6.45, 7) is 2.21. The number of aliphatic hydroxyl groups is 2. The first kappa shape index (κ1) is 19.9. The smallest absolute Gasteiger partial charge is 0.407 e. The first-order valence-corrected chi connectivity index (χ1v) is 10.1. The number of hydrogen-bond donors (Lipinski definition) is 3. The van der Waals surface area contributed by atoms with E-state index >= 15 is 0 Å². The minimum absolute atomic E-state index is 0.0178. The highest BCUT2D eigenvalue weighted by molar-refractivity contribution is 5.79. The molecule has 4 rings (SSSR count). The number of aliphatic hydroxyl groups excluding tert-OH is 2. The maximum Gasteiger partial charge on any atom is 0.407 e. The third-order valence-corrected chi connectivity index (χ3v) is 6.11. The van der Waals surface area contributed by atoms with Crippen LogP contribution in [0.1, 0.15) is 30.4 Å². The first-order chi connectivity index (χ1) is 14.1. The van der Waals surface area contributed by atoms with E-state index in [4.69, 9.17) is 9.47 Å². The van der Waals surface area contributed by atoms with E-state index in [1.807, 2.05) is 31.2 Å². The summed E-state index contributed by atoms with van der Waals surface area (Å²) in [7, 11) is 0. The highest BCUT2D eigenvalue weighted by Gasteiger charge is 2.36. The molecule has 1 heterocycles. The molecule has 1 saturated heterocycles. The number of benzene rings is 2. The van der Waals surface area contributed by atoms with Gasteiger partial charge in [0.05, 0.1) is 12.7 Å². The van der Waals surface area contributed by atoms with Crippen molar-refractivity contribution in [2.75, 3.05) is 19.8 Å². The Labute approximate surface area is 170 Å². The lowest BCUT2D eigenvalue weighted by Gasteiger charge is -2.38. The molecule has 1 fully saturated rings. The van der Waals surface area contributed by atoms with Crippen molar-refractivity contribution in [1.82, 2.24) is 5.32 Å². The summed E-state index contributed by atoms with van der Waals surface area (Å²) in [4.78, 5) is 12.5. The Bertz CT molecular complexity index is 824. The molecule has 0 radical (unpaired) electrons. The van der Waals surface area contributed by atoms with Gasteiger partial charge in [-0.2, -0.15) is 0 Å². The van der Waals surface area contributed by atoms with E-state index in [0.717, 1.165) is 0 Å². The van der Waals surface area contributed by atoms with E-state index in [1.54, 1.807) is 0 Å². The lowest BCUT2D eigenvalue weighted by Crippen LogP contribution is -2.52. The molecule has 1 amide bonds. The maximum atomic E-state index is 12.5. The number of fused-ring (bicyclic) bond motifs is 3. The van der Waals surface area contributed by atoms with Crippen LogP contribution in [0.2, 0.25) is 0 Å². The van der Waals surface area contributed by atoms with Crippen LogP contribution in [0.3, 0.4) is 0 Å². The number of nitrogens with one attached hydrogen (secondary N) is 1. The number of amides is 1. The number of hydrogen-bond acceptors (Lipinski definition) is 5. The van der Waals surface area contributed by atoms with Gasteiger partial charge in [0.2, 0.25) is 0 Å². The molecule has 4 atom stereocenters. The molecule has 0 unspecified atom stereocenters. The highest BCUT2D eigenvalue weighted by atomic mass is 16.5. The summed E-state index contributed by atoms with van der Waals surface area (Å²) >= 11 is 0. The van der Waals surface area contributed by atoms with Gasteiger partial charge in [-0.3, -0.25) is 0 Å². The normalized spacial score (nSPS) is 24.4. The molecule has 0 spiro atoms. The number of rotatable bonds is 5. The van der Waals surface area contributed by atoms with E-state index in [0.29, 0.717) is 13.0 Å². The number of ether oxygens (including phenoxy) is 2. The molecule has 154 valence electrons. The number of alkyl carbamates (subject to hydrolysis) is 1. The lowest BCUT2D eigenvalue weighted by molar-refractivity contribution is -0.112. The molecular formula is C23H27NO5. The van der Waals surface area contributed by atoms with Gasteiger partial charge in [0.25, 0.3) is 0 Å². The first-order valence-electron chi connectivity index (χ1n) is 10.1. The third-order valence-electron chi connectivity index (χ3n) is 6.11. The van der Waals surface area contributed by atoms with Gasteiger partial charge in [0.1, 0.15) is 12.7 Å². The average Bonchev–Trinajstić information content (AvgIpc) is 3.07. The topological polar surface area (TPSA) is 88.0 Å². The van der Waals surface area contributed by atoms with E-state index in [-0.39, 0.29) is 31.1 Å². The average molecular weight is 397 g/mol. The van der Waals surface area contributed by atoms with Gasteiger partial charge in [-0.05, 0) is 28.7 Å². The van der Waals surface area contributed by atoms with Gasteiger partial charge >= 0.3 is 6.09 Å². The Hall–Kier alpha value is -2.41. The molecule has 0 aromatic heterocycles. The molecule has 2 aromatic rings. The summed E-state index contributed by atoms with van der Waals surface area (Å²) in [6.07, 6.45) is -1.30. The monoisotopic (exact) mass is 397 g/mol. The zero-order chi connectivity index (χ0) is 20.4. The summed E-state index contributed by atoms with van der Waals surface area (Å²) in [5.74, 6) is -0.115. The van der Waals surface area contributed by atoms with Crippen molar-refractivity contribution in [3.63, 3.8) is 0 Å². The van der Waals surface area contributed by atoms with Crippen LogP contribution in [0, 0.1) is 5.92 Å². The minimum atomic E-state index is -0.961. The van der Waals surface area contributed by atoms with E-state index in [2.05, 4.69) is 29.6 Å². The van der Waals surface area contributed by atoms with Crippen molar-refractivity contribution in [3.8, 4) is 11.1 Å². The number of carbonyl (C=O) groups is 1. The van der Waals surface area contributed by atoms with E-state index < -0.39 is 18.3 Å². The molecular weight excluding hydrogens is 370 g/mol. The Morgan fingerprint density at radius 3 is 2.41 bits per heavy atom. The van der Waals surface area contributed by atoms with Crippen molar-refractivity contribution in [1.29, 1.82) is 0 Å². The van der Waals surface area contributed by atoms with E-state index in [1.165, 1.54) is 22.3 Å². The Balaban J connectivity index is 1.40. The Morgan fingerprint density at radius 2 is 1.79 bits per heavy atom. The molecule has 29 heavy (non-hydrogen) atoms. The predicted molar refractivity (Wildman–Crippen MR) is 109 cm³/mol. The standard InChI is InChI=1S/C23H27NO5/c1-14-20(10-11-28-22(14)21(26)12-25)24-23(27)29-13-19-17-8-4-2-6-15(17)16-7-3-5-9-18(16)19/h2-9,14,19-22,25-26H,10-13H2,1H3,(H,24,27)/t14-,20+,21-,22-/m1/s1. The molecule has 3 N–H and O–H groups in total. The van der Waals surface area contributed by atoms with Gasteiger partial charge in [-0.15, -0.1) is 0 Å². The predicted octanol–water partition coefficient (Wildman–Crippen LogP) is 2.67. The summed E-state index contributed by atoms with van der Waals surface area (Å²) in [5, 5.41) is 22.0. The van der Waals surface area contributed by atoms with Crippen molar-refractivity contribution in [2.24, 2.45) is 5.92 Å². The van der Waals surface area contributed by atoms with Crippen LogP contribution in [0.5, 0.6) is 0 Å². The fraction of sp³-hybridized carbons (Fsp3) is 0.435. The van der Waals surface area contributed by atoms with Crippen LogP contribution in [-0.4, -0.2) is 54.4 Å². The lowest BCUT2D eigenvalue weighted by atomic mass is 9.88. The van der Waals surface area contributed by atoms with Gasteiger partial charge in [0.15, 0.2) is 0 Å². The van der Waals surface area contributed by atoms with Gasteiger partial charge < -0.3 is 25.0 Å². The second kappa shape index (κ2) is 8.53. The Kier molecular flexibility index (Phi) is 5.85. The van der Waals surface area contributed by atoms with Gasteiger partial charge in [0, 0.05) is 24.5 Å². The van der Waals surface area contributed by atoms with Crippen molar-refractivity contribution >= 4 is 6.09 Å². The quantitative estimate of drug-likeness (QED) is 0.722. The molecule has 6 heteroatoms. The molecule has 6 nitrogen and oxygen atoms in total. The van der Waals surface area contributed by atoms with Crippen LogP contribution >= 0.6 is 0 Å². The zero-order valence-corrected chi connectivity index (χ0v) is 16.5. The van der Waals surface area contributed by atoms with Crippen molar-refractivity contribution in [2.45, 2.75) is 37.5 Å². The largest absolute Gasteiger partial charge is 0.449 e. The van der Waals surface area contributed by atoms with Crippen LogP contribution in [0.4, 0.5) is 4.79 Å². The SMILES string of the molecule is C[C@H]1[C@H]([C@H](O)CO)OCC[C@@H]1NC(=O)OCC1c2ccccc2-c2ccccc21. The summed E-state index contributed by atoms with van der Waals surface area (Å²) in [6, 6.07) is 16.3. The third kappa shape index (κ3) is 3.88. The number of carbonyl (C=O) groups excluding carboxylic acids is 1. The van der Waals surface area contributed by atoms with Crippen molar-refractivity contribution < 1.29 is 24.5 Å². The van der Waals surface area contributed by atoms with Crippen LogP contribution in [0.15, 0.2) is 48.5 Å². The second-order valence-electron chi connectivity index (χ2n) is 7.81. The highest BCUT2D eigenvalue weighted by Crippen LogP contribution is 2.44. The molecule has 0 bridgehead atoms. The summed E-state index contributed by atoms with van der Waals surface area (Å²) in [5.41, 5.74) is 4.73. The summed E-state index contributed by atoms with van der Waals surface area (Å²) < 4.78 is 11.2. The molecule has 2 aliphatic rings. The van der Waals surface area contributed by atoms with Crippen LogP contribution in [0.25, 0.3) is 11.1 Å². The maximum absolute atomic E-state index is 12.5. The van der Waals surface area contributed by atoms with Gasteiger partial charge in [-0.1, -0.05) is 55.5 Å². The van der Waals surface area contributed by atoms with Gasteiger partial charge in [-0.25, -0.2) is 4.79 Å². The molecule has 2 aromatic carbocycles. The second-order valence-corrected chi connectivity index (χ2v) is 7.81. The fourth-order valence-corrected chi connectivity index (χ4v) is 4.54. The fourth-order valence-electron chi connectivity index (χ4n) is 4.54. The molecule has 1 aliphatic carbocycles. The molecule has 1 aliphatic heterocycles. The van der Waals surface area contributed by atoms with Crippen LogP contribution in [-0.2, 0) is 9.47 Å². The molecule has 0 saturated carbocycles. The minimum Gasteiger partial charge on any atom is -0.449 e.